The van der Waals surface area contributed by atoms with Crippen LogP contribution in [0, 0.1) is 13.8 Å². The van der Waals surface area contributed by atoms with Gasteiger partial charge in [-0.1, -0.05) is 48.0 Å². The van der Waals surface area contributed by atoms with Gasteiger partial charge in [-0.3, -0.25) is 9.69 Å². The maximum absolute atomic E-state index is 13.0. The highest BCUT2D eigenvalue weighted by molar-refractivity contribution is 6.31. The van der Waals surface area contributed by atoms with E-state index in [0.29, 0.717) is 12.6 Å². The largest absolute Gasteiger partial charge is 0.322 e. The molecule has 1 aliphatic rings. The quantitative estimate of drug-likeness (QED) is 0.561. The number of hydrogen-bond donors (Lipinski definition) is 1. The van der Waals surface area contributed by atoms with Crippen molar-refractivity contribution in [3.8, 4) is 5.69 Å². The number of carbonyl (C=O) groups is 1. The molecule has 1 aliphatic carbocycles. The first-order valence-electron chi connectivity index (χ1n) is 10.4. The van der Waals surface area contributed by atoms with E-state index in [9.17, 15) is 4.79 Å². The number of rotatable bonds is 7. The Morgan fingerprint density at radius 1 is 1.17 bits per heavy atom. The third-order valence-electron chi connectivity index (χ3n) is 5.75. The highest BCUT2D eigenvalue weighted by Gasteiger charge is 2.34. The van der Waals surface area contributed by atoms with Crippen molar-refractivity contribution in [1.82, 2.24) is 14.7 Å². The molecule has 0 bridgehead atoms. The minimum absolute atomic E-state index is 0.0281. The third kappa shape index (κ3) is 4.27. The molecule has 0 spiro atoms. The second-order valence-electron chi connectivity index (χ2n) is 7.94. The van der Waals surface area contributed by atoms with Gasteiger partial charge < -0.3 is 5.32 Å². The van der Waals surface area contributed by atoms with Crippen LogP contribution in [0.5, 0.6) is 0 Å². The Balaban J connectivity index is 1.51. The zero-order valence-electron chi connectivity index (χ0n) is 17.6. The molecule has 6 heteroatoms. The van der Waals surface area contributed by atoms with Gasteiger partial charge in [-0.2, -0.15) is 5.10 Å². The lowest BCUT2D eigenvalue weighted by Crippen LogP contribution is -2.37. The molecule has 0 aliphatic heterocycles. The van der Waals surface area contributed by atoms with Crippen LogP contribution in [0.4, 0.5) is 5.69 Å². The molecule has 0 radical (unpaired) electrons. The van der Waals surface area contributed by atoms with Gasteiger partial charge in [0.15, 0.2) is 0 Å². The van der Waals surface area contributed by atoms with Gasteiger partial charge in [0, 0.05) is 17.1 Å². The standard InChI is InChI=1S/C24H27ClN4O/c1-16-24(18(3)29(27-16)20-9-5-4-6-10-20)26-23(30)15-28(19-13-14-19)17(2)21-11-7-8-12-22(21)25/h4-12,17,19H,13-15H2,1-3H3,(H,26,30). The summed E-state index contributed by atoms with van der Waals surface area (Å²) in [6, 6.07) is 18.3. The first kappa shape index (κ1) is 20.6. The van der Waals surface area contributed by atoms with E-state index in [-0.39, 0.29) is 11.9 Å². The van der Waals surface area contributed by atoms with Gasteiger partial charge in [-0.25, -0.2) is 4.68 Å². The lowest BCUT2D eigenvalue weighted by molar-refractivity contribution is -0.118. The van der Waals surface area contributed by atoms with Crippen LogP contribution in [0.1, 0.15) is 42.8 Å². The number of amides is 1. The Kier molecular flexibility index (Phi) is 5.93. The molecule has 1 amide bonds. The first-order chi connectivity index (χ1) is 14.5. The van der Waals surface area contributed by atoms with E-state index in [1.165, 1.54) is 0 Å². The van der Waals surface area contributed by atoms with Crippen LogP contribution in [0.25, 0.3) is 5.69 Å². The van der Waals surface area contributed by atoms with Crippen LogP contribution >= 0.6 is 11.6 Å². The maximum atomic E-state index is 13.0. The third-order valence-corrected chi connectivity index (χ3v) is 6.10. The Morgan fingerprint density at radius 3 is 2.50 bits per heavy atom. The number of nitrogens with one attached hydrogen (secondary N) is 1. The zero-order valence-corrected chi connectivity index (χ0v) is 18.4. The number of carbonyl (C=O) groups excluding carboxylic acids is 1. The fraction of sp³-hybridized carbons (Fsp3) is 0.333. The fourth-order valence-corrected chi connectivity index (χ4v) is 4.26. The Bertz CT molecular complexity index is 1040. The molecule has 0 saturated heterocycles. The predicted octanol–water partition coefficient (Wildman–Crippen LogP) is 5.31. The molecule has 2 aromatic carbocycles. The van der Waals surface area contributed by atoms with Gasteiger partial charge in [-0.05, 0) is 57.4 Å². The number of hydrogen-bond acceptors (Lipinski definition) is 3. The van der Waals surface area contributed by atoms with Crippen molar-refractivity contribution in [2.24, 2.45) is 0 Å². The van der Waals surface area contributed by atoms with E-state index in [1.807, 2.05) is 73.1 Å². The summed E-state index contributed by atoms with van der Waals surface area (Å²) in [4.78, 5) is 15.3. The fourth-order valence-electron chi connectivity index (χ4n) is 3.97. The molecule has 1 fully saturated rings. The molecule has 1 unspecified atom stereocenters. The number of aromatic nitrogens is 2. The van der Waals surface area contributed by atoms with Gasteiger partial charge in [-0.15, -0.1) is 0 Å². The van der Waals surface area contributed by atoms with Crippen LogP contribution in [0.3, 0.4) is 0 Å². The van der Waals surface area contributed by atoms with Crippen LogP contribution in [0.15, 0.2) is 54.6 Å². The van der Waals surface area contributed by atoms with Crippen molar-refractivity contribution in [2.45, 2.75) is 45.7 Å². The molecule has 5 nitrogen and oxygen atoms in total. The van der Waals surface area contributed by atoms with Gasteiger partial charge in [0.05, 0.1) is 29.3 Å². The monoisotopic (exact) mass is 422 g/mol. The minimum atomic E-state index is -0.0281. The van der Waals surface area contributed by atoms with Crippen molar-refractivity contribution in [1.29, 1.82) is 0 Å². The summed E-state index contributed by atoms with van der Waals surface area (Å²) in [5.41, 5.74) is 4.55. The van der Waals surface area contributed by atoms with Gasteiger partial charge in [0.1, 0.15) is 0 Å². The average molecular weight is 423 g/mol. The predicted molar refractivity (Wildman–Crippen MR) is 121 cm³/mol. The summed E-state index contributed by atoms with van der Waals surface area (Å²) in [6.45, 7) is 6.35. The lowest BCUT2D eigenvalue weighted by Gasteiger charge is -2.29. The van der Waals surface area contributed by atoms with E-state index in [2.05, 4.69) is 22.2 Å². The van der Waals surface area contributed by atoms with Crippen LogP contribution in [-0.4, -0.2) is 33.2 Å². The maximum Gasteiger partial charge on any atom is 0.238 e. The number of anilines is 1. The molecule has 156 valence electrons. The first-order valence-corrected chi connectivity index (χ1v) is 10.7. The molecule has 1 aromatic heterocycles. The highest BCUT2D eigenvalue weighted by Crippen LogP contribution is 2.36. The number of para-hydroxylation sites is 1. The molecular weight excluding hydrogens is 396 g/mol. The minimum Gasteiger partial charge on any atom is -0.322 e. The molecule has 4 rings (SSSR count). The van der Waals surface area contributed by atoms with E-state index >= 15 is 0 Å². The number of nitrogens with zero attached hydrogens (tertiary/aromatic N) is 3. The van der Waals surface area contributed by atoms with Crippen LogP contribution in [0.2, 0.25) is 5.02 Å². The smallest absolute Gasteiger partial charge is 0.238 e. The SMILES string of the molecule is Cc1nn(-c2ccccc2)c(C)c1NC(=O)CN(C1CC1)C(C)c1ccccc1Cl. The molecule has 1 atom stereocenters. The van der Waals surface area contributed by atoms with Crippen molar-refractivity contribution < 1.29 is 4.79 Å². The summed E-state index contributed by atoms with van der Waals surface area (Å²) in [5.74, 6) is -0.0281. The van der Waals surface area contributed by atoms with Gasteiger partial charge in [0.2, 0.25) is 5.91 Å². The highest BCUT2D eigenvalue weighted by atomic mass is 35.5. The summed E-state index contributed by atoms with van der Waals surface area (Å²) in [6.07, 6.45) is 2.23. The Labute approximate surface area is 182 Å². The normalized spacial score (nSPS) is 14.7. The molecule has 3 aromatic rings. The molecular formula is C24H27ClN4O. The Hall–Kier alpha value is -2.63. The van der Waals surface area contributed by atoms with Crippen molar-refractivity contribution in [3.05, 3.63) is 76.6 Å². The topological polar surface area (TPSA) is 50.2 Å². The van der Waals surface area contributed by atoms with Crippen LogP contribution in [-0.2, 0) is 4.79 Å². The van der Waals surface area contributed by atoms with E-state index in [0.717, 1.165) is 46.2 Å². The van der Waals surface area contributed by atoms with Gasteiger partial charge in [0.25, 0.3) is 0 Å². The van der Waals surface area contributed by atoms with E-state index < -0.39 is 0 Å². The summed E-state index contributed by atoms with van der Waals surface area (Å²) in [7, 11) is 0. The molecule has 30 heavy (non-hydrogen) atoms. The molecule has 1 heterocycles. The Morgan fingerprint density at radius 2 is 1.83 bits per heavy atom. The summed E-state index contributed by atoms with van der Waals surface area (Å²) >= 11 is 6.42. The number of aryl methyl sites for hydroxylation is 1. The van der Waals surface area contributed by atoms with E-state index in [4.69, 9.17) is 11.6 Å². The number of halogens is 1. The summed E-state index contributed by atoms with van der Waals surface area (Å²) in [5, 5.41) is 8.47. The van der Waals surface area contributed by atoms with Crippen molar-refractivity contribution >= 4 is 23.2 Å². The second kappa shape index (κ2) is 8.62. The van der Waals surface area contributed by atoms with Crippen molar-refractivity contribution in [3.63, 3.8) is 0 Å². The number of benzene rings is 2. The zero-order chi connectivity index (χ0) is 21.3. The lowest BCUT2D eigenvalue weighted by atomic mass is 10.1. The molecule has 1 saturated carbocycles. The molecule has 1 N–H and O–H groups in total. The van der Waals surface area contributed by atoms with Crippen molar-refractivity contribution in [2.75, 3.05) is 11.9 Å². The summed E-state index contributed by atoms with van der Waals surface area (Å²) < 4.78 is 1.87. The van der Waals surface area contributed by atoms with Gasteiger partial charge >= 0.3 is 0 Å². The second-order valence-corrected chi connectivity index (χ2v) is 8.35. The van der Waals surface area contributed by atoms with E-state index in [1.54, 1.807) is 0 Å². The van der Waals surface area contributed by atoms with Crippen LogP contribution < -0.4 is 5.32 Å². The average Bonchev–Trinajstić information content (AvgIpc) is 3.55.